The zero-order chi connectivity index (χ0) is 14.1. The summed E-state index contributed by atoms with van der Waals surface area (Å²) in [4.78, 5) is 2.23. The minimum atomic E-state index is 0.405. The van der Waals surface area contributed by atoms with Crippen molar-refractivity contribution in [2.24, 2.45) is 0 Å². The van der Waals surface area contributed by atoms with Crippen LogP contribution in [0.15, 0.2) is 24.3 Å². The topological polar surface area (TPSA) is 24.5 Å². The molecule has 1 N–H and O–H groups in total. The van der Waals surface area contributed by atoms with Gasteiger partial charge in [0.2, 0.25) is 0 Å². The predicted octanol–water partition coefficient (Wildman–Crippen LogP) is 3.08. The standard InChI is InChI=1S/C16H28N2O/c1-5-11-17-16(10-12-18(3)4)14-8-7-9-15(13-14)19-6-2/h7-9,13,16-17H,5-6,10-12H2,1-4H3. The number of rotatable bonds is 9. The molecule has 1 atom stereocenters. The first-order valence-corrected chi connectivity index (χ1v) is 7.28. The summed E-state index contributed by atoms with van der Waals surface area (Å²) in [5, 5.41) is 3.63. The Morgan fingerprint density at radius 1 is 1.26 bits per heavy atom. The molecule has 0 spiro atoms. The summed E-state index contributed by atoms with van der Waals surface area (Å²) in [5.74, 6) is 0.966. The molecule has 0 heterocycles. The Labute approximate surface area is 118 Å². The van der Waals surface area contributed by atoms with Crippen molar-refractivity contribution in [2.75, 3.05) is 33.8 Å². The smallest absolute Gasteiger partial charge is 0.119 e. The maximum atomic E-state index is 5.59. The Hall–Kier alpha value is -1.06. The van der Waals surface area contributed by atoms with E-state index >= 15 is 0 Å². The number of ether oxygens (including phenoxy) is 1. The van der Waals surface area contributed by atoms with E-state index in [1.807, 2.05) is 13.0 Å². The van der Waals surface area contributed by atoms with Gasteiger partial charge < -0.3 is 15.0 Å². The van der Waals surface area contributed by atoms with E-state index in [1.165, 1.54) is 5.56 Å². The molecule has 108 valence electrons. The molecule has 19 heavy (non-hydrogen) atoms. The van der Waals surface area contributed by atoms with Crippen molar-refractivity contribution in [1.29, 1.82) is 0 Å². The van der Waals surface area contributed by atoms with E-state index < -0.39 is 0 Å². The quantitative estimate of drug-likeness (QED) is 0.742. The maximum Gasteiger partial charge on any atom is 0.119 e. The van der Waals surface area contributed by atoms with Crippen LogP contribution in [0.3, 0.4) is 0 Å². The van der Waals surface area contributed by atoms with Crippen molar-refractivity contribution < 1.29 is 4.74 Å². The van der Waals surface area contributed by atoms with Gasteiger partial charge in [0.15, 0.2) is 0 Å². The van der Waals surface area contributed by atoms with Gasteiger partial charge in [-0.05, 0) is 64.6 Å². The van der Waals surface area contributed by atoms with Crippen molar-refractivity contribution in [3.63, 3.8) is 0 Å². The maximum absolute atomic E-state index is 5.59. The van der Waals surface area contributed by atoms with Gasteiger partial charge in [0.05, 0.1) is 6.61 Å². The third-order valence-corrected chi connectivity index (χ3v) is 3.08. The Kier molecular flexibility index (Phi) is 7.53. The molecule has 0 fully saturated rings. The summed E-state index contributed by atoms with van der Waals surface area (Å²) in [6.45, 7) is 7.07. The second kappa shape index (κ2) is 8.94. The highest BCUT2D eigenvalue weighted by Crippen LogP contribution is 2.22. The highest BCUT2D eigenvalue weighted by atomic mass is 16.5. The number of nitrogens with zero attached hydrogens (tertiary/aromatic N) is 1. The molecule has 1 unspecified atom stereocenters. The van der Waals surface area contributed by atoms with Crippen LogP contribution in [0.2, 0.25) is 0 Å². The molecular formula is C16H28N2O. The lowest BCUT2D eigenvalue weighted by molar-refractivity contribution is 0.337. The van der Waals surface area contributed by atoms with Crippen molar-refractivity contribution >= 4 is 0 Å². The molecule has 1 aromatic rings. The van der Waals surface area contributed by atoms with Crippen LogP contribution in [0.5, 0.6) is 5.75 Å². The molecular weight excluding hydrogens is 236 g/mol. The largest absolute Gasteiger partial charge is 0.494 e. The molecule has 1 aromatic carbocycles. The van der Waals surface area contributed by atoms with Crippen molar-refractivity contribution in [3.8, 4) is 5.75 Å². The monoisotopic (exact) mass is 264 g/mol. The van der Waals surface area contributed by atoms with E-state index in [2.05, 4.69) is 49.4 Å². The second-order valence-electron chi connectivity index (χ2n) is 5.10. The van der Waals surface area contributed by atoms with E-state index in [0.29, 0.717) is 12.6 Å². The third kappa shape index (κ3) is 6.08. The Bertz CT molecular complexity index is 352. The average Bonchev–Trinajstić information content (AvgIpc) is 2.39. The Balaban J connectivity index is 2.73. The SMILES string of the molecule is CCCNC(CCN(C)C)c1cccc(OCC)c1. The number of hydrogen-bond acceptors (Lipinski definition) is 3. The van der Waals surface area contributed by atoms with Crippen LogP contribution < -0.4 is 10.1 Å². The van der Waals surface area contributed by atoms with E-state index in [-0.39, 0.29) is 0 Å². The summed E-state index contributed by atoms with van der Waals surface area (Å²) >= 11 is 0. The Morgan fingerprint density at radius 3 is 2.68 bits per heavy atom. The van der Waals surface area contributed by atoms with Gasteiger partial charge in [-0.3, -0.25) is 0 Å². The first-order chi connectivity index (χ1) is 9.17. The molecule has 0 aliphatic carbocycles. The van der Waals surface area contributed by atoms with Crippen molar-refractivity contribution in [1.82, 2.24) is 10.2 Å². The highest BCUT2D eigenvalue weighted by Gasteiger charge is 2.11. The molecule has 0 saturated heterocycles. The zero-order valence-corrected chi connectivity index (χ0v) is 12.8. The van der Waals surface area contributed by atoms with Crippen LogP contribution in [0, 0.1) is 0 Å². The molecule has 0 amide bonds. The van der Waals surface area contributed by atoms with Crippen molar-refractivity contribution in [2.45, 2.75) is 32.7 Å². The number of benzene rings is 1. The normalized spacial score (nSPS) is 12.7. The summed E-state index contributed by atoms with van der Waals surface area (Å²) in [5.41, 5.74) is 1.32. The van der Waals surface area contributed by atoms with E-state index in [9.17, 15) is 0 Å². The van der Waals surface area contributed by atoms with Gasteiger partial charge in [-0.1, -0.05) is 19.1 Å². The summed E-state index contributed by atoms with van der Waals surface area (Å²) in [6, 6.07) is 8.85. The molecule has 0 aromatic heterocycles. The molecule has 0 bridgehead atoms. The van der Waals surface area contributed by atoms with Gasteiger partial charge in [-0.2, -0.15) is 0 Å². The second-order valence-corrected chi connectivity index (χ2v) is 5.10. The fourth-order valence-electron chi connectivity index (χ4n) is 2.08. The fourth-order valence-corrected chi connectivity index (χ4v) is 2.08. The first kappa shape index (κ1) is 16.0. The molecule has 3 heteroatoms. The summed E-state index contributed by atoms with van der Waals surface area (Å²) in [6.07, 6.45) is 2.27. The van der Waals surface area contributed by atoms with Gasteiger partial charge >= 0.3 is 0 Å². The highest BCUT2D eigenvalue weighted by molar-refractivity contribution is 5.30. The minimum Gasteiger partial charge on any atom is -0.494 e. The summed E-state index contributed by atoms with van der Waals surface area (Å²) in [7, 11) is 4.24. The molecule has 0 saturated carbocycles. The lowest BCUT2D eigenvalue weighted by Gasteiger charge is -2.21. The predicted molar refractivity (Wildman–Crippen MR) is 81.8 cm³/mol. The van der Waals surface area contributed by atoms with Gasteiger partial charge in [0.1, 0.15) is 5.75 Å². The summed E-state index contributed by atoms with van der Waals surface area (Å²) < 4.78 is 5.59. The molecule has 0 aliphatic heterocycles. The fraction of sp³-hybridized carbons (Fsp3) is 0.625. The van der Waals surface area contributed by atoms with Crippen LogP contribution in [-0.4, -0.2) is 38.7 Å². The van der Waals surface area contributed by atoms with Crippen LogP contribution >= 0.6 is 0 Å². The van der Waals surface area contributed by atoms with Crippen LogP contribution in [0.1, 0.15) is 38.3 Å². The molecule has 3 nitrogen and oxygen atoms in total. The third-order valence-electron chi connectivity index (χ3n) is 3.08. The van der Waals surface area contributed by atoms with E-state index in [0.717, 1.165) is 31.7 Å². The first-order valence-electron chi connectivity index (χ1n) is 7.28. The molecule has 0 radical (unpaired) electrons. The van der Waals surface area contributed by atoms with Crippen LogP contribution in [-0.2, 0) is 0 Å². The van der Waals surface area contributed by atoms with Gasteiger partial charge in [0.25, 0.3) is 0 Å². The van der Waals surface area contributed by atoms with Crippen LogP contribution in [0.25, 0.3) is 0 Å². The molecule has 1 rings (SSSR count). The van der Waals surface area contributed by atoms with Crippen molar-refractivity contribution in [3.05, 3.63) is 29.8 Å². The van der Waals surface area contributed by atoms with Gasteiger partial charge in [-0.15, -0.1) is 0 Å². The molecule has 0 aliphatic rings. The lowest BCUT2D eigenvalue weighted by Crippen LogP contribution is -2.26. The number of nitrogens with one attached hydrogen (secondary N) is 1. The van der Waals surface area contributed by atoms with Gasteiger partial charge in [0, 0.05) is 6.04 Å². The van der Waals surface area contributed by atoms with Gasteiger partial charge in [-0.25, -0.2) is 0 Å². The van der Waals surface area contributed by atoms with E-state index in [4.69, 9.17) is 4.74 Å². The minimum absolute atomic E-state index is 0.405. The lowest BCUT2D eigenvalue weighted by atomic mass is 10.0. The Morgan fingerprint density at radius 2 is 2.05 bits per heavy atom. The van der Waals surface area contributed by atoms with E-state index in [1.54, 1.807) is 0 Å². The zero-order valence-electron chi connectivity index (χ0n) is 12.8. The van der Waals surface area contributed by atoms with Crippen LogP contribution in [0.4, 0.5) is 0 Å². The number of hydrogen-bond donors (Lipinski definition) is 1. The average molecular weight is 264 g/mol.